The molecule has 0 fully saturated rings. The lowest BCUT2D eigenvalue weighted by atomic mass is 10.1. The lowest BCUT2D eigenvalue weighted by Crippen LogP contribution is -2.18. The summed E-state index contributed by atoms with van der Waals surface area (Å²) in [5, 5.41) is 12.1. The van der Waals surface area contributed by atoms with Crippen molar-refractivity contribution in [1.29, 1.82) is 0 Å². The summed E-state index contributed by atoms with van der Waals surface area (Å²) in [7, 11) is 0. The van der Waals surface area contributed by atoms with Gasteiger partial charge >= 0.3 is 0 Å². The molecule has 0 saturated carbocycles. The Bertz CT molecular complexity index is 429. The summed E-state index contributed by atoms with van der Waals surface area (Å²) in [4.78, 5) is 22.1. The zero-order chi connectivity index (χ0) is 14.6. The molecule has 20 heavy (non-hydrogen) atoms. The zero-order valence-electron chi connectivity index (χ0n) is 11.2. The van der Waals surface area contributed by atoms with Gasteiger partial charge in [-0.25, -0.2) is 10.9 Å². The smallest absolute Gasteiger partial charge is 0.243 e. The van der Waals surface area contributed by atoms with Crippen LogP contribution in [0.15, 0.2) is 28.1 Å². The Kier molecular flexibility index (Phi) is 7.74. The summed E-state index contributed by atoms with van der Waals surface area (Å²) in [6, 6.07) is 1.73. The minimum atomic E-state index is -0.378. The maximum absolute atomic E-state index is 11.4. The van der Waals surface area contributed by atoms with Crippen LogP contribution in [0.25, 0.3) is 0 Å². The van der Waals surface area contributed by atoms with Gasteiger partial charge in [-0.1, -0.05) is 12.8 Å². The number of nitrogens with one attached hydrogen (secondary N) is 2. The molecule has 3 N–H and O–H groups in total. The summed E-state index contributed by atoms with van der Waals surface area (Å²) < 4.78 is 4.85. The van der Waals surface area contributed by atoms with Crippen molar-refractivity contribution in [2.75, 3.05) is 0 Å². The molecule has 0 atom stereocenters. The number of amides is 2. The summed E-state index contributed by atoms with van der Waals surface area (Å²) in [6.45, 7) is 0. The van der Waals surface area contributed by atoms with E-state index < -0.39 is 0 Å². The third-order valence-electron chi connectivity index (χ3n) is 2.63. The van der Waals surface area contributed by atoms with Gasteiger partial charge in [0.1, 0.15) is 0 Å². The third-order valence-corrected chi connectivity index (χ3v) is 2.63. The maximum Gasteiger partial charge on any atom is 0.243 e. The van der Waals surface area contributed by atoms with Gasteiger partial charge in [-0.3, -0.25) is 14.8 Å². The highest BCUT2D eigenvalue weighted by Crippen LogP contribution is 2.05. The molecule has 1 heterocycles. The van der Waals surface area contributed by atoms with Gasteiger partial charge < -0.3 is 4.42 Å². The molecular formula is C13H19N3O4. The molecule has 0 aromatic carbocycles. The number of rotatable bonds is 9. The van der Waals surface area contributed by atoms with Crippen molar-refractivity contribution in [3.8, 4) is 0 Å². The Hall–Kier alpha value is -2.15. The molecule has 0 aliphatic heterocycles. The molecule has 0 aliphatic carbocycles. The highest BCUT2D eigenvalue weighted by Gasteiger charge is 2.01. The highest BCUT2D eigenvalue weighted by molar-refractivity contribution is 5.81. The van der Waals surface area contributed by atoms with Crippen LogP contribution in [0, 0.1) is 0 Å². The minimum absolute atomic E-state index is 0.141. The molecule has 7 nitrogen and oxygen atoms in total. The number of carbonyl (C=O) groups excluding carboxylic acids is 2. The molecule has 1 aromatic rings. The van der Waals surface area contributed by atoms with Gasteiger partial charge in [0.25, 0.3) is 0 Å². The Morgan fingerprint density at radius 2 is 1.90 bits per heavy atom. The summed E-state index contributed by atoms with van der Waals surface area (Å²) in [6.07, 6.45) is 8.41. The quantitative estimate of drug-likeness (QED) is 0.276. The topological polar surface area (TPSA) is 104 Å². The number of carbonyl (C=O) groups is 2. The average molecular weight is 281 g/mol. The second-order valence-electron chi connectivity index (χ2n) is 4.30. The molecule has 1 aromatic heterocycles. The van der Waals surface area contributed by atoms with E-state index in [4.69, 9.17) is 9.62 Å². The van der Waals surface area contributed by atoms with Crippen LogP contribution in [0.2, 0.25) is 0 Å². The summed E-state index contributed by atoms with van der Waals surface area (Å²) in [5.74, 6) is -0.519. The van der Waals surface area contributed by atoms with E-state index in [1.165, 1.54) is 18.7 Å². The van der Waals surface area contributed by atoms with Crippen molar-refractivity contribution in [2.24, 2.45) is 5.10 Å². The van der Waals surface area contributed by atoms with Gasteiger partial charge in [0.15, 0.2) is 0 Å². The fourth-order valence-electron chi connectivity index (χ4n) is 1.56. The summed E-state index contributed by atoms with van der Waals surface area (Å²) >= 11 is 0. The van der Waals surface area contributed by atoms with Gasteiger partial charge in [-0.05, 0) is 18.9 Å². The van der Waals surface area contributed by atoms with Gasteiger partial charge in [0, 0.05) is 18.4 Å². The fourth-order valence-corrected chi connectivity index (χ4v) is 1.56. The molecule has 0 aliphatic rings. The average Bonchev–Trinajstić information content (AvgIpc) is 2.95. The van der Waals surface area contributed by atoms with Crippen LogP contribution in [-0.4, -0.2) is 23.2 Å². The number of nitrogens with zero attached hydrogens (tertiary/aromatic N) is 1. The number of unbranched alkanes of at least 4 members (excludes halogenated alkanes) is 3. The second kappa shape index (κ2) is 9.74. The third kappa shape index (κ3) is 7.32. The lowest BCUT2D eigenvalue weighted by molar-refractivity contribution is -0.129. The lowest BCUT2D eigenvalue weighted by Gasteiger charge is -2.01. The molecule has 0 radical (unpaired) electrons. The van der Waals surface area contributed by atoms with Crippen LogP contribution < -0.4 is 10.9 Å². The fraction of sp³-hybridized carbons (Fsp3) is 0.462. The molecule has 0 saturated heterocycles. The van der Waals surface area contributed by atoms with Crippen LogP contribution >= 0.6 is 0 Å². The Labute approximate surface area is 117 Å². The molecule has 2 amide bonds. The number of hydrogen-bond acceptors (Lipinski definition) is 5. The van der Waals surface area contributed by atoms with E-state index in [-0.39, 0.29) is 11.8 Å². The molecule has 0 unspecified atom stereocenters. The van der Waals surface area contributed by atoms with E-state index in [0.717, 1.165) is 24.8 Å². The van der Waals surface area contributed by atoms with E-state index in [1.807, 2.05) is 0 Å². The maximum atomic E-state index is 11.4. The van der Waals surface area contributed by atoms with Crippen molar-refractivity contribution in [1.82, 2.24) is 10.9 Å². The standard InChI is InChI=1S/C13H19N3O4/c17-12(15-14-9-11-7-8-20-10-11)5-3-1-2-4-6-13(18)16-19/h7-10,19H,1-6H2,(H,15,17)(H,16,18)/b14-9+. The first-order chi connectivity index (χ1) is 9.72. The number of hydrogen-bond donors (Lipinski definition) is 3. The van der Waals surface area contributed by atoms with E-state index in [2.05, 4.69) is 10.5 Å². The van der Waals surface area contributed by atoms with E-state index in [1.54, 1.807) is 11.5 Å². The van der Waals surface area contributed by atoms with Gasteiger partial charge in [-0.2, -0.15) is 5.10 Å². The van der Waals surface area contributed by atoms with Crippen molar-refractivity contribution < 1.29 is 19.2 Å². The van der Waals surface area contributed by atoms with Crippen molar-refractivity contribution in [2.45, 2.75) is 38.5 Å². The van der Waals surface area contributed by atoms with Crippen LogP contribution in [0.4, 0.5) is 0 Å². The van der Waals surface area contributed by atoms with Crippen molar-refractivity contribution in [3.05, 3.63) is 24.2 Å². The van der Waals surface area contributed by atoms with Crippen LogP contribution in [0.1, 0.15) is 44.1 Å². The summed E-state index contributed by atoms with van der Waals surface area (Å²) in [5.41, 5.74) is 4.80. The van der Waals surface area contributed by atoms with Gasteiger partial charge in [0.2, 0.25) is 11.8 Å². The Morgan fingerprint density at radius 1 is 1.20 bits per heavy atom. The van der Waals surface area contributed by atoms with E-state index in [0.29, 0.717) is 19.3 Å². The first-order valence-electron chi connectivity index (χ1n) is 6.49. The predicted octanol–water partition coefficient (Wildman–Crippen LogP) is 1.58. The number of furan rings is 1. The first kappa shape index (κ1) is 15.9. The van der Waals surface area contributed by atoms with Crippen LogP contribution in [-0.2, 0) is 9.59 Å². The SMILES string of the molecule is O=C(CCCCCCC(=O)N/N=C/c1ccoc1)NO. The molecule has 0 bridgehead atoms. The Morgan fingerprint density at radius 3 is 2.50 bits per heavy atom. The normalized spacial score (nSPS) is 10.7. The van der Waals surface area contributed by atoms with Crippen molar-refractivity contribution >= 4 is 18.0 Å². The largest absolute Gasteiger partial charge is 0.472 e. The van der Waals surface area contributed by atoms with Crippen LogP contribution in [0.5, 0.6) is 0 Å². The van der Waals surface area contributed by atoms with Crippen molar-refractivity contribution in [3.63, 3.8) is 0 Å². The number of hydrazone groups is 1. The van der Waals surface area contributed by atoms with Gasteiger partial charge in [-0.15, -0.1) is 0 Å². The van der Waals surface area contributed by atoms with Crippen LogP contribution in [0.3, 0.4) is 0 Å². The van der Waals surface area contributed by atoms with Gasteiger partial charge in [0.05, 0.1) is 18.7 Å². The predicted molar refractivity (Wildman–Crippen MR) is 72.1 cm³/mol. The Balaban J connectivity index is 1.99. The molecular weight excluding hydrogens is 262 g/mol. The molecule has 1 rings (SSSR count). The second-order valence-corrected chi connectivity index (χ2v) is 4.30. The van der Waals surface area contributed by atoms with E-state index in [9.17, 15) is 9.59 Å². The zero-order valence-corrected chi connectivity index (χ0v) is 11.2. The molecule has 7 heteroatoms. The number of hydroxylamine groups is 1. The first-order valence-corrected chi connectivity index (χ1v) is 6.49. The molecule has 0 spiro atoms. The van der Waals surface area contributed by atoms with E-state index >= 15 is 0 Å². The monoisotopic (exact) mass is 281 g/mol. The minimum Gasteiger partial charge on any atom is -0.472 e. The molecule has 110 valence electrons. The highest BCUT2D eigenvalue weighted by atomic mass is 16.5.